The van der Waals surface area contributed by atoms with Crippen molar-refractivity contribution in [2.75, 3.05) is 7.11 Å². The second-order valence-corrected chi connectivity index (χ2v) is 4.24. The van der Waals surface area contributed by atoms with Crippen LogP contribution < -0.4 is 0 Å². The average molecular weight is 260 g/mol. The van der Waals surface area contributed by atoms with Crippen LogP contribution in [0.4, 0.5) is 13.2 Å². The van der Waals surface area contributed by atoms with Gasteiger partial charge in [-0.15, -0.1) is 0 Å². The highest BCUT2D eigenvalue weighted by Gasteiger charge is 2.45. The van der Waals surface area contributed by atoms with Crippen molar-refractivity contribution < 1.29 is 22.7 Å². The number of alkyl halides is 3. The van der Waals surface area contributed by atoms with Gasteiger partial charge in [-0.05, 0) is 12.5 Å². The van der Waals surface area contributed by atoms with Gasteiger partial charge < -0.3 is 4.74 Å². The van der Waals surface area contributed by atoms with E-state index in [1.807, 2.05) is 6.92 Å². The minimum absolute atomic E-state index is 0.317. The lowest BCUT2D eigenvalue weighted by Crippen LogP contribution is -2.31. The van der Waals surface area contributed by atoms with Crippen molar-refractivity contribution in [2.45, 2.75) is 25.9 Å². The molecule has 0 aromatic heterocycles. The minimum atomic E-state index is -4.44. The lowest BCUT2D eigenvalue weighted by atomic mass is 9.86. The van der Waals surface area contributed by atoms with Crippen molar-refractivity contribution in [1.82, 2.24) is 0 Å². The Labute approximate surface area is 104 Å². The molecule has 0 spiro atoms. The molecule has 0 fully saturated rings. The van der Waals surface area contributed by atoms with Crippen LogP contribution in [0.15, 0.2) is 24.3 Å². The third-order valence-electron chi connectivity index (χ3n) is 2.91. The molecular weight excluding hydrogens is 245 g/mol. The van der Waals surface area contributed by atoms with Crippen LogP contribution in [-0.4, -0.2) is 19.3 Å². The van der Waals surface area contributed by atoms with E-state index in [9.17, 15) is 18.0 Å². The molecule has 18 heavy (non-hydrogen) atoms. The van der Waals surface area contributed by atoms with Gasteiger partial charge in [0.1, 0.15) is 0 Å². The van der Waals surface area contributed by atoms with Gasteiger partial charge in [-0.3, -0.25) is 4.79 Å². The van der Waals surface area contributed by atoms with Gasteiger partial charge in [0.05, 0.1) is 18.9 Å². The highest BCUT2D eigenvalue weighted by Crippen LogP contribution is 2.38. The van der Waals surface area contributed by atoms with E-state index >= 15 is 0 Å². The molecule has 0 saturated carbocycles. The largest absolute Gasteiger partial charge is 0.469 e. The Morgan fingerprint density at radius 1 is 1.22 bits per heavy atom. The van der Waals surface area contributed by atoms with Crippen molar-refractivity contribution >= 4 is 5.97 Å². The van der Waals surface area contributed by atoms with E-state index in [0.717, 1.165) is 19.6 Å². The van der Waals surface area contributed by atoms with Gasteiger partial charge in [0, 0.05) is 0 Å². The van der Waals surface area contributed by atoms with Gasteiger partial charge in [-0.2, -0.15) is 13.2 Å². The van der Waals surface area contributed by atoms with E-state index in [0.29, 0.717) is 5.56 Å². The van der Waals surface area contributed by atoms with Crippen LogP contribution in [0, 0.1) is 12.8 Å². The monoisotopic (exact) mass is 260 g/mol. The number of esters is 1. The zero-order valence-electron chi connectivity index (χ0n) is 10.4. The summed E-state index contributed by atoms with van der Waals surface area (Å²) < 4.78 is 42.7. The van der Waals surface area contributed by atoms with Crippen LogP contribution in [0.1, 0.15) is 24.0 Å². The number of aryl methyl sites for hydroxylation is 1. The van der Waals surface area contributed by atoms with E-state index in [2.05, 4.69) is 4.74 Å². The average Bonchev–Trinajstić information content (AvgIpc) is 2.30. The number of hydrogen-bond donors (Lipinski definition) is 0. The van der Waals surface area contributed by atoms with Crippen LogP contribution in [0.25, 0.3) is 0 Å². The second-order valence-electron chi connectivity index (χ2n) is 4.24. The first-order valence-electron chi connectivity index (χ1n) is 5.48. The van der Waals surface area contributed by atoms with Crippen LogP contribution in [0.5, 0.6) is 0 Å². The summed E-state index contributed by atoms with van der Waals surface area (Å²) in [5.41, 5.74) is 1.24. The Balaban J connectivity index is 3.14. The van der Waals surface area contributed by atoms with E-state index < -0.39 is 24.0 Å². The van der Waals surface area contributed by atoms with Crippen LogP contribution in [0.2, 0.25) is 0 Å². The third-order valence-corrected chi connectivity index (χ3v) is 2.91. The van der Waals surface area contributed by atoms with E-state index in [-0.39, 0.29) is 0 Å². The van der Waals surface area contributed by atoms with E-state index in [1.54, 1.807) is 12.1 Å². The fourth-order valence-electron chi connectivity index (χ4n) is 1.72. The summed E-state index contributed by atoms with van der Waals surface area (Å²) in [6.07, 6.45) is -4.44. The maximum atomic E-state index is 12.8. The highest BCUT2D eigenvalue weighted by atomic mass is 19.4. The van der Waals surface area contributed by atoms with Crippen molar-refractivity contribution in [2.24, 2.45) is 5.92 Å². The molecule has 2 nitrogen and oxygen atoms in total. The molecule has 0 amide bonds. The summed E-state index contributed by atoms with van der Waals surface area (Å²) in [5.74, 6) is -3.98. The zero-order chi connectivity index (χ0) is 13.9. The fraction of sp³-hybridized carbons (Fsp3) is 0.462. The molecule has 0 saturated heterocycles. The predicted octanol–water partition coefficient (Wildman–Crippen LogP) is 3.45. The molecule has 1 rings (SSSR count). The van der Waals surface area contributed by atoms with E-state index in [4.69, 9.17) is 0 Å². The first-order chi connectivity index (χ1) is 8.27. The fourth-order valence-corrected chi connectivity index (χ4v) is 1.72. The molecule has 0 bridgehead atoms. The molecular formula is C13H15F3O2. The summed E-state index contributed by atoms with van der Waals surface area (Å²) in [7, 11) is 1.09. The number of methoxy groups -OCH3 is 1. The van der Waals surface area contributed by atoms with Gasteiger partial charge in [0.15, 0.2) is 0 Å². The zero-order valence-corrected chi connectivity index (χ0v) is 10.4. The molecule has 1 aromatic rings. The third kappa shape index (κ3) is 3.24. The molecule has 0 unspecified atom stereocenters. The van der Waals surface area contributed by atoms with Gasteiger partial charge in [0.25, 0.3) is 0 Å². The number of carbonyl (C=O) groups is 1. The second kappa shape index (κ2) is 5.42. The Bertz CT molecular complexity index is 409. The molecule has 0 heterocycles. The summed E-state index contributed by atoms with van der Waals surface area (Å²) >= 11 is 0. The van der Waals surface area contributed by atoms with Gasteiger partial charge in [-0.1, -0.05) is 36.8 Å². The van der Waals surface area contributed by atoms with Crippen LogP contribution in [-0.2, 0) is 9.53 Å². The van der Waals surface area contributed by atoms with Gasteiger partial charge in [-0.25, -0.2) is 0 Å². The summed E-state index contributed by atoms with van der Waals surface area (Å²) in [4.78, 5) is 11.6. The minimum Gasteiger partial charge on any atom is -0.469 e. The topological polar surface area (TPSA) is 26.3 Å². The Morgan fingerprint density at radius 3 is 2.11 bits per heavy atom. The summed E-state index contributed by atoms with van der Waals surface area (Å²) in [5, 5.41) is 0. The Hall–Kier alpha value is -1.52. The summed E-state index contributed by atoms with van der Waals surface area (Å²) in [6, 6.07) is 6.40. The van der Waals surface area contributed by atoms with Gasteiger partial charge >= 0.3 is 12.1 Å². The number of carbonyl (C=O) groups excluding carboxylic acids is 1. The summed E-state index contributed by atoms with van der Waals surface area (Å²) in [6.45, 7) is 2.81. The van der Waals surface area contributed by atoms with Crippen molar-refractivity contribution in [1.29, 1.82) is 0 Å². The maximum absolute atomic E-state index is 12.8. The lowest BCUT2D eigenvalue weighted by molar-refractivity contribution is -0.184. The van der Waals surface area contributed by atoms with Gasteiger partial charge in [0.2, 0.25) is 0 Å². The lowest BCUT2D eigenvalue weighted by Gasteiger charge is -2.24. The molecule has 0 N–H and O–H groups in total. The standard InChI is InChI=1S/C13H15F3O2/c1-8-4-6-10(7-5-8)11(12(17)18-3)9(2)13(14,15)16/h4-7,9,11H,1-3H3/t9-,11+/m1/s1. The number of benzene rings is 1. The number of ether oxygens (including phenoxy) is 1. The number of hydrogen-bond acceptors (Lipinski definition) is 2. The van der Waals surface area contributed by atoms with E-state index in [1.165, 1.54) is 12.1 Å². The Morgan fingerprint density at radius 2 is 1.72 bits per heavy atom. The van der Waals surface area contributed by atoms with Crippen molar-refractivity contribution in [3.8, 4) is 0 Å². The van der Waals surface area contributed by atoms with Crippen LogP contribution >= 0.6 is 0 Å². The molecule has 100 valence electrons. The normalized spacial score (nSPS) is 15.0. The molecule has 0 aliphatic heterocycles. The van der Waals surface area contributed by atoms with Crippen LogP contribution in [0.3, 0.4) is 0 Å². The number of halogens is 3. The molecule has 0 radical (unpaired) electrons. The van der Waals surface area contributed by atoms with Crippen molar-refractivity contribution in [3.05, 3.63) is 35.4 Å². The van der Waals surface area contributed by atoms with Crippen molar-refractivity contribution in [3.63, 3.8) is 0 Å². The first-order valence-corrected chi connectivity index (χ1v) is 5.48. The molecule has 0 aliphatic rings. The molecule has 0 aliphatic carbocycles. The first kappa shape index (κ1) is 14.5. The predicted molar refractivity (Wildman–Crippen MR) is 61.2 cm³/mol. The smallest absolute Gasteiger partial charge is 0.392 e. The highest BCUT2D eigenvalue weighted by molar-refractivity contribution is 5.78. The molecule has 1 aromatic carbocycles. The molecule has 5 heteroatoms. The molecule has 2 atom stereocenters. The quantitative estimate of drug-likeness (QED) is 0.778. The number of rotatable bonds is 3. The SMILES string of the molecule is COC(=O)[C@H](c1ccc(C)cc1)[C@@H](C)C(F)(F)F. The maximum Gasteiger partial charge on any atom is 0.392 e. The Kier molecular flexibility index (Phi) is 4.38.